The third-order valence-electron chi connectivity index (χ3n) is 3.73. The lowest BCUT2D eigenvalue weighted by Gasteiger charge is -2.19. The van der Waals surface area contributed by atoms with Gasteiger partial charge in [0.25, 0.3) is 0 Å². The van der Waals surface area contributed by atoms with Crippen molar-refractivity contribution in [1.82, 2.24) is 4.90 Å². The first-order valence-corrected chi connectivity index (χ1v) is 10.1. The molecule has 2 aromatic heterocycles. The van der Waals surface area contributed by atoms with Crippen molar-refractivity contribution in [2.75, 3.05) is 6.26 Å². The van der Waals surface area contributed by atoms with Gasteiger partial charge < -0.3 is 9.32 Å². The summed E-state index contributed by atoms with van der Waals surface area (Å²) < 4.78 is 5.40. The quantitative estimate of drug-likeness (QED) is 0.418. The van der Waals surface area contributed by atoms with E-state index in [-0.39, 0.29) is 5.91 Å². The van der Waals surface area contributed by atoms with Crippen LogP contribution >= 0.6 is 23.1 Å². The lowest BCUT2D eigenvalue weighted by Crippen LogP contribution is -2.28. The number of thiophene rings is 1. The molecule has 128 valence electrons. The lowest BCUT2D eigenvalue weighted by molar-refractivity contribution is -0.127. The van der Waals surface area contributed by atoms with Gasteiger partial charge in [-0.15, -0.1) is 11.8 Å². The highest BCUT2D eigenvalue weighted by Gasteiger charge is 2.14. The summed E-state index contributed by atoms with van der Waals surface area (Å²) in [4.78, 5) is 15.7. The standard InChI is InChI=1S/C20H19NO2S2/c1-24-19-7-4-16(5-8-19)6-9-20(22)21(13-17-10-12-25-15-17)14-18-3-2-11-23-18/h2-12,15H,13-14H2,1H3. The first kappa shape index (κ1) is 17.6. The first-order valence-electron chi connectivity index (χ1n) is 7.89. The van der Waals surface area contributed by atoms with Crippen molar-refractivity contribution >= 4 is 35.1 Å². The highest BCUT2D eigenvalue weighted by Crippen LogP contribution is 2.17. The number of carbonyl (C=O) groups is 1. The molecule has 0 saturated carbocycles. The van der Waals surface area contributed by atoms with Crippen LogP contribution in [0.4, 0.5) is 0 Å². The van der Waals surface area contributed by atoms with Gasteiger partial charge in [-0.3, -0.25) is 4.79 Å². The van der Waals surface area contributed by atoms with Gasteiger partial charge in [0.05, 0.1) is 12.8 Å². The summed E-state index contributed by atoms with van der Waals surface area (Å²) in [5.74, 6) is 0.748. The van der Waals surface area contributed by atoms with Crippen molar-refractivity contribution in [2.24, 2.45) is 0 Å². The maximum absolute atomic E-state index is 12.7. The van der Waals surface area contributed by atoms with Gasteiger partial charge in [0, 0.05) is 17.5 Å². The molecule has 0 spiro atoms. The zero-order valence-corrected chi connectivity index (χ0v) is 15.6. The fraction of sp³-hybridized carbons (Fsp3) is 0.150. The number of benzene rings is 1. The van der Waals surface area contributed by atoms with Gasteiger partial charge in [0.1, 0.15) is 5.76 Å². The zero-order chi connectivity index (χ0) is 17.5. The van der Waals surface area contributed by atoms with Crippen molar-refractivity contribution in [3.63, 3.8) is 0 Å². The molecule has 5 heteroatoms. The number of carbonyl (C=O) groups excluding carboxylic acids is 1. The fourth-order valence-corrected chi connectivity index (χ4v) is 3.46. The van der Waals surface area contributed by atoms with Crippen molar-refractivity contribution in [1.29, 1.82) is 0 Å². The van der Waals surface area contributed by atoms with Crippen molar-refractivity contribution < 1.29 is 9.21 Å². The molecule has 0 unspecified atom stereocenters. The Hall–Kier alpha value is -2.24. The molecule has 1 aromatic carbocycles. The van der Waals surface area contributed by atoms with Crippen molar-refractivity contribution in [2.45, 2.75) is 18.0 Å². The Morgan fingerprint density at radius 2 is 2.04 bits per heavy atom. The van der Waals surface area contributed by atoms with E-state index in [9.17, 15) is 4.79 Å². The monoisotopic (exact) mass is 369 g/mol. The van der Waals surface area contributed by atoms with Gasteiger partial charge in [-0.25, -0.2) is 0 Å². The Morgan fingerprint density at radius 3 is 2.68 bits per heavy atom. The molecule has 3 aromatic rings. The SMILES string of the molecule is CSc1ccc(C=CC(=O)N(Cc2ccsc2)Cc2ccco2)cc1. The number of hydrogen-bond donors (Lipinski definition) is 0. The minimum Gasteiger partial charge on any atom is -0.467 e. The highest BCUT2D eigenvalue weighted by atomic mass is 32.2. The van der Waals surface area contributed by atoms with E-state index in [4.69, 9.17) is 4.42 Å². The summed E-state index contributed by atoms with van der Waals surface area (Å²) in [7, 11) is 0. The zero-order valence-electron chi connectivity index (χ0n) is 13.9. The number of furan rings is 1. The average molecular weight is 370 g/mol. The maximum atomic E-state index is 12.7. The second-order valence-corrected chi connectivity index (χ2v) is 7.17. The Morgan fingerprint density at radius 1 is 1.20 bits per heavy atom. The van der Waals surface area contributed by atoms with Crippen LogP contribution in [0, 0.1) is 0 Å². The summed E-state index contributed by atoms with van der Waals surface area (Å²) in [6, 6.07) is 13.9. The van der Waals surface area contributed by atoms with E-state index in [2.05, 4.69) is 17.5 Å². The van der Waals surface area contributed by atoms with Crippen LogP contribution in [0.2, 0.25) is 0 Å². The van der Waals surface area contributed by atoms with Gasteiger partial charge >= 0.3 is 0 Å². The van der Waals surface area contributed by atoms with Gasteiger partial charge in [-0.1, -0.05) is 12.1 Å². The Bertz CT molecular complexity index is 770. The van der Waals surface area contributed by atoms with E-state index in [1.54, 1.807) is 40.3 Å². The molecule has 0 aliphatic rings. The highest BCUT2D eigenvalue weighted by molar-refractivity contribution is 7.98. The van der Waals surface area contributed by atoms with Gasteiger partial charge in [-0.2, -0.15) is 11.3 Å². The number of amides is 1. The number of nitrogens with zero attached hydrogens (tertiary/aromatic N) is 1. The number of hydrogen-bond acceptors (Lipinski definition) is 4. The first-order chi connectivity index (χ1) is 12.2. The van der Waals surface area contributed by atoms with Crippen LogP contribution in [-0.2, 0) is 17.9 Å². The molecule has 0 atom stereocenters. The molecular weight excluding hydrogens is 350 g/mol. The summed E-state index contributed by atoms with van der Waals surface area (Å²) in [5.41, 5.74) is 2.14. The van der Waals surface area contributed by atoms with E-state index in [0.717, 1.165) is 16.9 Å². The molecule has 0 fully saturated rings. The number of rotatable bonds is 7. The lowest BCUT2D eigenvalue weighted by atomic mass is 10.2. The summed E-state index contributed by atoms with van der Waals surface area (Å²) in [6.45, 7) is 1.02. The van der Waals surface area contributed by atoms with Gasteiger partial charge in [-0.05, 0) is 64.6 Å². The van der Waals surface area contributed by atoms with Crippen LogP contribution in [0.25, 0.3) is 6.08 Å². The Kier molecular flexibility index (Phi) is 6.14. The van der Waals surface area contributed by atoms with Gasteiger partial charge in [0.2, 0.25) is 5.91 Å². The van der Waals surface area contributed by atoms with Crippen LogP contribution < -0.4 is 0 Å². The Labute approximate surface area is 156 Å². The molecule has 0 aliphatic carbocycles. The minimum absolute atomic E-state index is 0.0310. The smallest absolute Gasteiger partial charge is 0.247 e. The van der Waals surface area contributed by atoms with Crippen molar-refractivity contribution in [3.05, 3.63) is 82.5 Å². The molecule has 1 amide bonds. The molecule has 3 rings (SSSR count). The van der Waals surface area contributed by atoms with Crippen LogP contribution in [0.15, 0.2) is 74.9 Å². The van der Waals surface area contributed by atoms with Crippen molar-refractivity contribution in [3.8, 4) is 0 Å². The second-order valence-electron chi connectivity index (χ2n) is 5.51. The van der Waals surface area contributed by atoms with E-state index in [1.807, 2.05) is 48.0 Å². The van der Waals surface area contributed by atoms with Crippen LogP contribution in [0.1, 0.15) is 16.9 Å². The largest absolute Gasteiger partial charge is 0.467 e. The normalized spacial score (nSPS) is 11.1. The molecule has 0 N–H and O–H groups in total. The number of thioether (sulfide) groups is 1. The third-order valence-corrected chi connectivity index (χ3v) is 5.20. The predicted molar refractivity (Wildman–Crippen MR) is 105 cm³/mol. The van der Waals surface area contributed by atoms with E-state index in [1.165, 1.54) is 4.90 Å². The topological polar surface area (TPSA) is 33.5 Å². The fourth-order valence-electron chi connectivity index (χ4n) is 2.39. The molecule has 0 radical (unpaired) electrons. The third kappa shape index (κ3) is 5.11. The summed E-state index contributed by atoms with van der Waals surface area (Å²) in [5, 5.41) is 4.08. The molecule has 0 bridgehead atoms. The Balaban J connectivity index is 1.71. The van der Waals surface area contributed by atoms with E-state index < -0.39 is 0 Å². The molecule has 3 nitrogen and oxygen atoms in total. The van der Waals surface area contributed by atoms with E-state index >= 15 is 0 Å². The van der Waals surface area contributed by atoms with Crippen LogP contribution in [-0.4, -0.2) is 17.1 Å². The minimum atomic E-state index is -0.0310. The predicted octanol–water partition coefficient (Wildman–Crippen LogP) is 5.31. The molecule has 0 saturated heterocycles. The van der Waals surface area contributed by atoms with Crippen LogP contribution in [0.3, 0.4) is 0 Å². The molecule has 0 aliphatic heterocycles. The molecular formula is C20H19NO2S2. The molecule has 2 heterocycles. The van der Waals surface area contributed by atoms with Gasteiger partial charge in [0.15, 0.2) is 0 Å². The maximum Gasteiger partial charge on any atom is 0.247 e. The van der Waals surface area contributed by atoms with Crippen LogP contribution in [0.5, 0.6) is 0 Å². The summed E-state index contributed by atoms with van der Waals surface area (Å²) in [6.07, 6.45) is 7.16. The summed E-state index contributed by atoms with van der Waals surface area (Å²) >= 11 is 3.34. The molecule has 25 heavy (non-hydrogen) atoms. The average Bonchev–Trinajstić information content (AvgIpc) is 3.33. The second kappa shape index (κ2) is 8.74. The van der Waals surface area contributed by atoms with E-state index in [0.29, 0.717) is 13.1 Å².